The summed E-state index contributed by atoms with van der Waals surface area (Å²) in [5.41, 5.74) is 2.02. The van der Waals surface area contributed by atoms with Gasteiger partial charge in [-0.1, -0.05) is 42.5 Å². The standard InChI is InChI=1S/C25H25F2N5O4S2/c1-17(37(28,33)34)15-29-25(31-38(35,36)22-13-11-21(27)12-14-22)32-16-23(18-5-3-2-4-6-18)24(30-32)19-7-9-20(26)10-8-19/h2-14,17,23H,15-16H2,1H3,(H,29,31)(H2,28,33,34)/t17-,23+/m1/s1. The summed E-state index contributed by atoms with van der Waals surface area (Å²) in [5, 5.41) is 12.8. The van der Waals surface area contributed by atoms with Gasteiger partial charge in [0.15, 0.2) is 0 Å². The third-order valence-electron chi connectivity index (χ3n) is 5.93. The molecule has 9 nitrogen and oxygen atoms in total. The van der Waals surface area contributed by atoms with Gasteiger partial charge in [-0.2, -0.15) is 13.5 Å². The molecule has 38 heavy (non-hydrogen) atoms. The van der Waals surface area contributed by atoms with Crippen LogP contribution in [0.4, 0.5) is 8.78 Å². The van der Waals surface area contributed by atoms with Gasteiger partial charge >= 0.3 is 0 Å². The van der Waals surface area contributed by atoms with Gasteiger partial charge in [0.25, 0.3) is 10.0 Å². The molecule has 1 aliphatic rings. The van der Waals surface area contributed by atoms with Crippen LogP contribution < -0.4 is 10.5 Å². The second kappa shape index (κ2) is 11.0. The fourth-order valence-electron chi connectivity index (χ4n) is 3.76. The van der Waals surface area contributed by atoms with E-state index in [-0.39, 0.29) is 29.9 Å². The van der Waals surface area contributed by atoms with Gasteiger partial charge in [0.2, 0.25) is 16.0 Å². The Hall–Kier alpha value is -3.68. The highest BCUT2D eigenvalue weighted by atomic mass is 32.2. The molecular weight excluding hydrogens is 536 g/mol. The van der Waals surface area contributed by atoms with Crippen LogP contribution in [0, 0.1) is 11.6 Å². The molecule has 1 heterocycles. The maximum atomic E-state index is 13.6. The Morgan fingerprint density at radius 3 is 2.16 bits per heavy atom. The fraction of sp³-hybridized carbons (Fsp3) is 0.200. The fourth-order valence-corrected chi connectivity index (χ4v) is 5.04. The number of nitrogens with zero attached hydrogens (tertiary/aromatic N) is 3. The lowest BCUT2D eigenvalue weighted by Gasteiger charge is -2.21. The highest BCUT2D eigenvalue weighted by Gasteiger charge is 2.33. The first-order valence-electron chi connectivity index (χ1n) is 11.5. The topological polar surface area (TPSA) is 134 Å². The monoisotopic (exact) mass is 561 g/mol. The lowest BCUT2D eigenvalue weighted by atomic mass is 9.91. The molecule has 4 rings (SSSR count). The van der Waals surface area contributed by atoms with E-state index in [1.165, 1.54) is 24.1 Å². The van der Waals surface area contributed by atoms with Gasteiger partial charge < -0.3 is 5.32 Å². The Morgan fingerprint density at radius 2 is 1.58 bits per heavy atom. The molecular formula is C25H25F2N5O4S2. The maximum absolute atomic E-state index is 13.6. The molecule has 1 aliphatic heterocycles. The van der Waals surface area contributed by atoms with Gasteiger partial charge in [-0.05, 0) is 54.4 Å². The molecule has 0 saturated heterocycles. The number of guanidine groups is 1. The minimum Gasteiger partial charge on any atom is -0.353 e. The first-order chi connectivity index (χ1) is 17.9. The molecule has 0 radical (unpaired) electrons. The Balaban J connectivity index is 1.78. The summed E-state index contributed by atoms with van der Waals surface area (Å²) >= 11 is 0. The van der Waals surface area contributed by atoms with Crippen LogP contribution in [0.2, 0.25) is 0 Å². The second-order valence-corrected chi connectivity index (χ2v) is 12.2. The Kier molecular flexibility index (Phi) is 7.90. The summed E-state index contributed by atoms with van der Waals surface area (Å²) in [5.74, 6) is -1.64. The molecule has 3 N–H and O–H groups in total. The van der Waals surface area contributed by atoms with Crippen molar-refractivity contribution in [2.75, 3.05) is 13.1 Å². The van der Waals surface area contributed by atoms with E-state index in [4.69, 9.17) is 5.14 Å². The second-order valence-electron chi connectivity index (χ2n) is 8.66. The molecule has 0 aliphatic carbocycles. The van der Waals surface area contributed by atoms with Crippen LogP contribution in [-0.4, -0.2) is 51.9 Å². The van der Waals surface area contributed by atoms with E-state index in [0.717, 1.165) is 29.8 Å². The van der Waals surface area contributed by atoms with Crippen LogP contribution in [0.5, 0.6) is 0 Å². The van der Waals surface area contributed by atoms with E-state index in [1.54, 1.807) is 12.1 Å². The molecule has 0 spiro atoms. The van der Waals surface area contributed by atoms with Gasteiger partial charge in [0, 0.05) is 12.5 Å². The molecule has 0 amide bonds. The SMILES string of the molecule is C[C@H](CN/C(=N\S(=O)(=O)c1ccc(F)cc1)N1C[C@@H](c2ccccc2)C(c2ccc(F)cc2)=N1)S(N)(=O)=O. The predicted octanol–water partition coefficient (Wildman–Crippen LogP) is 2.78. The zero-order chi connectivity index (χ0) is 27.5. The Labute approximate surface area is 219 Å². The number of hydrogen-bond donors (Lipinski definition) is 2. The molecule has 0 bridgehead atoms. The van der Waals surface area contributed by atoms with Gasteiger partial charge in [0.05, 0.1) is 22.4 Å². The molecule has 3 aromatic carbocycles. The lowest BCUT2D eigenvalue weighted by molar-refractivity contribution is 0.454. The quantitative estimate of drug-likeness (QED) is 0.337. The highest BCUT2D eigenvalue weighted by molar-refractivity contribution is 7.90. The molecule has 0 aromatic heterocycles. The lowest BCUT2D eigenvalue weighted by Crippen LogP contribution is -2.44. The maximum Gasteiger partial charge on any atom is 0.285 e. The van der Waals surface area contributed by atoms with E-state index >= 15 is 0 Å². The van der Waals surface area contributed by atoms with E-state index in [1.807, 2.05) is 30.3 Å². The van der Waals surface area contributed by atoms with Gasteiger partial charge in [-0.25, -0.2) is 27.3 Å². The summed E-state index contributed by atoms with van der Waals surface area (Å²) in [6.07, 6.45) is 0. The zero-order valence-electron chi connectivity index (χ0n) is 20.2. The minimum absolute atomic E-state index is 0.144. The van der Waals surface area contributed by atoms with E-state index in [9.17, 15) is 25.6 Å². The summed E-state index contributed by atoms with van der Waals surface area (Å²) in [7, 11) is -8.28. The smallest absolute Gasteiger partial charge is 0.285 e. The number of nitrogens with two attached hydrogens (primary N) is 1. The first-order valence-corrected chi connectivity index (χ1v) is 14.5. The average Bonchev–Trinajstić information content (AvgIpc) is 3.32. The number of rotatable bonds is 7. The number of sulfonamides is 2. The summed E-state index contributed by atoms with van der Waals surface area (Å²) in [6.45, 7) is 1.24. The molecule has 0 saturated carbocycles. The van der Waals surface area contributed by atoms with Crippen LogP contribution in [0.15, 0.2) is 93.3 Å². The highest BCUT2D eigenvalue weighted by Crippen LogP contribution is 2.29. The van der Waals surface area contributed by atoms with Crippen LogP contribution in [0.25, 0.3) is 0 Å². The van der Waals surface area contributed by atoms with Crippen molar-refractivity contribution >= 4 is 31.7 Å². The van der Waals surface area contributed by atoms with Crippen LogP contribution in [-0.2, 0) is 20.0 Å². The van der Waals surface area contributed by atoms with Crippen LogP contribution in [0.1, 0.15) is 24.0 Å². The third kappa shape index (κ3) is 6.41. The van der Waals surface area contributed by atoms with Crippen molar-refractivity contribution in [2.24, 2.45) is 14.6 Å². The molecule has 13 heteroatoms. The van der Waals surface area contributed by atoms with Crippen molar-refractivity contribution in [1.29, 1.82) is 0 Å². The Morgan fingerprint density at radius 1 is 1.00 bits per heavy atom. The Bertz CT molecular complexity index is 1560. The van der Waals surface area contributed by atoms with Gasteiger partial charge in [0.1, 0.15) is 11.6 Å². The van der Waals surface area contributed by atoms with Crippen molar-refractivity contribution < 1.29 is 25.6 Å². The van der Waals surface area contributed by atoms with E-state index in [0.29, 0.717) is 11.3 Å². The molecule has 3 aromatic rings. The average molecular weight is 562 g/mol. The largest absolute Gasteiger partial charge is 0.353 e. The minimum atomic E-state index is -4.35. The van der Waals surface area contributed by atoms with Crippen molar-refractivity contribution in [3.05, 3.63) is 102 Å². The third-order valence-corrected chi connectivity index (χ3v) is 8.50. The van der Waals surface area contributed by atoms with Crippen LogP contribution in [0.3, 0.4) is 0 Å². The molecule has 0 unspecified atom stereocenters. The number of benzene rings is 3. The van der Waals surface area contributed by atoms with E-state index < -0.39 is 36.9 Å². The zero-order valence-corrected chi connectivity index (χ0v) is 21.8. The summed E-state index contributed by atoms with van der Waals surface area (Å²) < 4.78 is 80.6. The van der Waals surface area contributed by atoms with Gasteiger partial charge in [-0.15, -0.1) is 4.40 Å². The summed E-state index contributed by atoms with van der Waals surface area (Å²) in [6, 6.07) is 19.2. The number of hydrazone groups is 1. The normalized spacial score (nSPS) is 17.3. The van der Waals surface area contributed by atoms with Crippen molar-refractivity contribution in [1.82, 2.24) is 10.3 Å². The predicted molar refractivity (Wildman–Crippen MR) is 140 cm³/mol. The van der Waals surface area contributed by atoms with Crippen molar-refractivity contribution in [2.45, 2.75) is 23.0 Å². The molecule has 200 valence electrons. The van der Waals surface area contributed by atoms with Crippen molar-refractivity contribution in [3.8, 4) is 0 Å². The number of nitrogens with one attached hydrogen (secondary N) is 1. The van der Waals surface area contributed by atoms with Gasteiger partial charge in [-0.3, -0.25) is 0 Å². The molecule has 0 fully saturated rings. The number of halogens is 2. The summed E-state index contributed by atoms with van der Waals surface area (Å²) in [4.78, 5) is -0.265. The number of primary sulfonamides is 1. The van der Waals surface area contributed by atoms with Crippen LogP contribution >= 0.6 is 0 Å². The van der Waals surface area contributed by atoms with E-state index in [2.05, 4.69) is 14.8 Å². The number of hydrogen-bond acceptors (Lipinski definition) is 5. The van der Waals surface area contributed by atoms with Crippen molar-refractivity contribution in [3.63, 3.8) is 0 Å². The first kappa shape index (κ1) is 27.4. The molecule has 2 atom stereocenters.